The lowest BCUT2D eigenvalue weighted by Crippen LogP contribution is -2.21. The van der Waals surface area contributed by atoms with Crippen molar-refractivity contribution in [3.05, 3.63) is 140 Å². The van der Waals surface area contributed by atoms with Crippen LogP contribution in [0.5, 0.6) is 0 Å². The average molecular weight is 489 g/mol. The van der Waals surface area contributed by atoms with Gasteiger partial charge in [0.2, 0.25) is 5.91 Å². The van der Waals surface area contributed by atoms with E-state index in [4.69, 9.17) is 0 Å². The third-order valence-electron chi connectivity index (χ3n) is 5.57. The molecule has 0 aliphatic heterocycles. The quantitative estimate of drug-likeness (QED) is 0.378. The van der Waals surface area contributed by atoms with Crippen molar-refractivity contribution in [3.63, 3.8) is 0 Å². The topological polar surface area (TPSA) is 71.1 Å². The molecule has 6 heteroatoms. The van der Waals surface area contributed by atoms with Gasteiger partial charge >= 0.3 is 0 Å². The van der Waals surface area contributed by atoms with E-state index < -0.39 is 7.92 Å². The number of benzene rings is 3. The van der Waals surface area contributed by atoms with Crippen molar-refractivity contribution in [1.82, 2.24) is 4.98 Å². The Labute approximate surface area is 212 Å². The summed E-state index contributed by atoms with van der Waals surface area (Å²) in [6.45, 7) is 0. The SMILES string of the molecule is O=C(Nc1cccc(NC(=O)c2ccc(P(c3ccccc3)c3ccccc3)cc2)n1)[C]1[CH][CH][CH][CH]1. The first kappa shape index (κ1) is 23.9. The van der Waals surface area contributed by atoms with E-state index in [2.05, 4.69) is 64.1 Å². The van der Waals surface area contributed by atoms with Gasteiger partial charge in [0.15, 0.2) is 0 Å². The van der Waals surface area contributed by atoms with Gasteiger partial charge in [-0.05, 0) is 73.8 Å². The molecule has 0 spiro atoms. The van der Waals surface area contributed by atoms with Gasteiger partial charge in [-0.1, -0.05) is 78.9 Å². The zero-order valence-corrected chi connectivity index (χ0v) is 20.2. The molecule has 5 radical (unpaired) electrons. The molecule has 5 rings (SSSR count). The molecule has 0 saturated heterocycles. The van der Waals surface area contributed by atoms with Crippen molar-refractivity contribution < 1.29 is 9.59 Å². The zero-order valence-electron chi connectivity index (χ0n) is 19.3. The van der Waals surface area contributed by atoms with Crippen LogP contribution < -0.4 is 26.5 Å². The highest BCUT2D eigenvalue weighted by Crippen LogP contribution is 2.32. The van der Waals surface area contributed by atoms with Gasteiger partial charge in [0.05, 0.1) is 5.92 Å². The van der Waals surface area contributed by atoms with Crippen molar-refractivity contribution >= 4 is 47.3 Å². The molecule has 0 unspecified atom stereocenters. The Bertz CT molecular complexity index is 1280. The first-order chi connectivity index (χ1) is 17.7. The van der Waals surface area contributed by atoms with Gasteiger partial charge in [-0.15, -0.1) is 0 Å². The number of nitrogens with one attached hydrogen (secondary N) is 2. The number of hydrogen-bond acceptors (Lipinski definition) is 3. The molecule has 1 aliphatic rings. The van der Waals surface area contributed by atoms with Gasteiger partial charge in [-0.3, -0.25) is 9.59 Å². The second-order valence-corrected chi connectivity index (χ2v) is 10.3. The molecule has 1 aromatic heterocycles. The monoisotopic (exact) mass is 488 g/mol. The van der Waals surface area contributed by atoms with E-state index in [0.29, 0.717) is 23.1 Å². The highest BCUT2D eigenvalue weighted by Gasteiger charge is 2.25. The Balaban J connectivity index is 1.30. The van der Waals surface area contributed by atoms with Gasteiger partial charge in [0, 0.05) is 5.56 Å². The Morgan fingerprint density at radius 3 is 1.61 bits per heavy atom. The fourth-order valence-electron chi connectivity index (χ4n) is 3.84. The van der Waals surface area contributed by atoms with E-state index in [0.717, 1.165) is 5.30 Å². The summed E-state index contributed by atoms with van der Waals surface area (Å²) in [5, 5.41) is 9.23. The summed E-state index contributed by atoms with van der Waals surface area (Å²) in [6.07, 6.45) is 7.05. The fourth-order valence-corrected chi connectivity index (χ4v) is 6.12. The van der Waals surface area contributed by atoms with Crippen LogP contribution in [0.15, 0.2) is 103 Å². The predicted molar refractivity (Wildman–Crippen MR) is 146 cm³/mol. The third-order valence-corrected chi connectivity index (χ3v) is 8.02. The standard InChI is InChI=1S/C30H23N3O2P/c34-29(22-10-7-8-11-22)32-27-16-9-17-28(31-27)33-30(35)23-18-20-26(21-19-23)36(24-12-3-1-4-13-24)25-14-5-2-6-15-25/h1-21H,(H2,31,32,33,34,35). The van der Waals surface area contributed by atoms with E-state index >= 15 is 0 Å². The van der Waals surface area contributed by atoms with Crippen LogP contribution in [0.1, 0.15) is 10.4 Å². The van der Waals surface area contributed by atoms with Crippen molar-refractivity contribution in [1.29, 1.82) is 0 Å². The minimum absolute atomic E-state index is 0.250. The summed E-state index contributed by atoms with van der Waals surface area (Å²) in [5.41, 5.74) is 0.530. The van der Waals surface area contributed by atoms with Crippen LogP contribution in [0.2, 0.25) is 0 Å². The van der Waals surface area contributed by atoms with Gasteiger partial charge < -0.3 is 10.6 Å². The van der Waals surface area contributed by atoms with E-state index in [1.54, 1.807) is 43.9 Å². The lowest BCUT2D eigenvalue weighted by Gasteiger charge is -2.19. The van der Waals surface area contributed by atoms with Crippen LogP contribution >= 0.6 is 7.92 Å². The van der Waals surface area contributed by atoms with Crippen LogP contribution in [-0.2, 0) is 4.79 Å². The van der Waals surface area contributed by atoms with Crippen molar-refractivity contribution in [2.75, 3.05) is 10.6 Å². The zero-order chi connectivity index (χ0) is 24.7. The number of rotatable bonds is 7. The number of pyridine rings is 1. The lowest BCUT2D eigenvalue weighted by molar-refractivity contribution is -0.113. The van der Waals surface area contributed by atoms with Crippen LogP contribution in [0.3, 0.4) is 0 Å². The largest absolute Gasteiger partial charge is 0.310 e. The van der Waals surface area contributed by atoms with Gasteiger partial charge in [0.1, 0.15) is 11.6 Å². The fraction of sp³-hybridized carbons (Fsp3) is 0. The van der Waals surface area contributed by atoms with Gasteiger partial charge in [-0.25, -0.2) is 4.98 Å². The molecule has 36 heavy (non-hydrogen) atoms. The maximum absolute atomic E-state index is 12.9. The highest BCUT2D eigenvalue weighted by atomic mass is 31.1. The van der Waals surface area contributed by atoms with E-state index in [1.165, 1.54) is 10.6 Å². The number of anilines is 2. The van der Waals surface area contributed by atoms with Crippen LogP contribution in [-0.4, -0.2) is 16.8 Å². The van der Waals surface area contributed by atoms with Crippen molar-refractivity contribution in [2.24, 2.45) is 0 Å². The smallest absolute Gasteiger partial charge is 0.256 e. The molecular formula is C30H23N3O2P. The molecule has 1 heterocycles. The molecule has 1 aliphatic carbocycles. The van der Waals surface area contributed by atoms with E-state index in [-0.39, 0.29) is 11.8 Å². The number of carbonyl (C=O) groups is 2. The molecule has 0 atom stereocenters. The maximum atomic E-state index is 12.9. The number of carbonyl (C=O) groups excluding carboxylic acids is 2. The summed E-state index contributed by atoms with van der Waals surface area (Å²) >= 11 is 0. The molecule has 5 nitrogen and oxygen atoms in total. The normalized spacial score (nSPS) is 13.5. The molecule has 3 aromatic carbocycles. The number of nitrogens with zero attached hydrogens (tertiary/aromatic N) is 1. The average Bonchev–Trinajstić information content (AvgIpc) is 3.46. The minimum atomic E-state index is -0.739. The summed E-state index contributed by atoms with van der Waals surface area (Å²) in [7, 11) is -0.739. The molecule has 1 fully saturated rings. The van der Waals surface area contributed by atoms with Crippen LogP contribution in [0.4, 0.5) is 11.6 Å². The molecule has 1 saturated carbocycles. The molecule has 4 aromatic rings. The Morgan fingerprint density at radius 2 is 1.06 bits per heavy atom. The third kappa shape index (κ3) is 5.69. The minimum Gasteiger partial charge on any atom is -0.310 e. The highest BCUT2D eigenvalue weighted by molar-refractivity contribution is 7.79. The molecular weight excluding hydrogens is 465 g/mol. The van der Waals surface area contributed by atoms with Gasteiger partial charge in [-0.2, -0.15) is 0 Å². The molecule has 2 amide bonds. The summed E-state index contributed by atoms with van der Waals surface area (Å²) in [5.74, 6) is 0.764. The Hall–Kier alpha value is -3.82. The maximum Gasteiger partial charge on any atom is 0.256 e. The second kappa shape index (κ2) is 11.3. The number of aromatic nitrogens is 1. The number of amides is 2. The van der Waals surface area contributed by atoms with E-state index in [1.807, 2.05) is 36.4 Å². The van der Waals surface area contributed by atoms with Crippen LogP contribution in [0.25, 0.3) is 0 Å². The van der Waals surface area contributed by atoms with Gasteiger partial charge in [0.25, 0.3) is 5.91 Å². The first-order valence-electron chi connectivity index (χ1n) is 11.5. The van der Waals surface area contributed by atoms with E-state index in [9.17, 15) is 9.59 Å². The predicted octanol–water partition coefficient (Wildman–Crippen LogP) is 4.44. The molecule has 0 bridgehead atoms. The summed E-state index contributed by atoms with van der Waals surface area (Å²) < 4.78 is 0. The van der Waals surface area contributed by atoms with Crippen molar-refractivity contribution in [3.8, 4) is 0 Å². The number of hydrogen-bond donors (Lipinski definition) is 2. The second-order valence-electron chi connectivity index (χ2n) is 8.04. The summed E-state index contributed by atoms with van der Waals surface area (Å²) in [4.78, 5) is 29.6. The summed E-state index contributed by atoms with van der Waals surface area (Å²) in [6, 6.07) is 33.7. The lowest BCUT2D eigenvalue weighted by atomic mass is 10.1. The van der Waals surface area contributed by atoms with Crippen LogP contribution in [0, 0.1) is 31.6 Å². The Kier molecular flexibility index (Phi) is 7.49. The Morgan fingerprint density at radius 1 is 0.556 bits per heavy atom. The van der Waals surface area contributed by atoms with Crippen molar-refractivity contribution in [2.45, 2.75) is 0 Å². The first-order valence-corrected chi connectivity index (χ1v) is 12.8. The molecule has 175 valence electrons. The molecule has 2 N–H and O–H groups in total.